The third-order valence-corrected chi connectivity index (χ3v) is 12.5. The van der Waals surface area contributed by atoms with Gasteiger partial charge in [0.1, 0.15) is 18.8 Å². The van der Waals surface area contributed by atoms with E-state index in [-0.39, 0.29) is 41.8 Å². The van der Waals surface area contributed by atoms with Gasteiger partial charge in [0.25, 0.3) is 0 Å². The van der Waals surface area contributed by atoms with Crippen LogP contribution < -0.4 is 0 Å². The van der Waals surface area contributed by atoms with Crippen molar-refractivity contribution in [2.24, 2.45) is 34.5 Å². The van der Waals surface area contributed by atoms with E-state index in [0.29, 0.717) is 31.6 Å². The Morgan fingerprint density at radius 2 is 1.74 bits per heavy atom. The van der Waals surface area contributed by atoms with Crippen molar-refractivity contribution >= 4 is 5.97 Å². The van der Waals surface area contributed by atoms with Gasteiger partial charge in [0, 0.05) is 11.5 Å². The van der Waals surface area contributed by atoms with Crippen LogP contribution in [0.3, 0.4) is 0 Å². The fraction of sp³-hybridized carbons (Fsp3) is 0.897. The van der Waals surface area contributed by atoms with E-state index in [9.17, 15) is 30.3 Å². The summed E-state index contributed by atoms with van der Waals surface area (Å²) in [5.41, 5.74) is -1.24. The van der Waals surface area contributed by atoms with Gasteiger partial charge < -0.3 is 44.5 Å². The average Bonchev–Trinajstić information content (AvgIpc) is 3.40. The predicted molar refractivity (Wildman–Crippen MR) is 134 cm³/mol. The number of ether oxygens (including phenoxy) is 4. The van der Waals surface area contributed by atoms with E-state index in [0.717, 1.165) is 24.8 Å². The molecule has 10 heteroatoms. The first-order valence-corrected chi connectivity index (χ1v) is 14.7. The number of cyclic esters (lactones) is 1. The molecule has 3 heterocycles. The summed E-state index contributed by atoms with van der Waals surface area (Å²) in [4.78, 5) is 11.8. The van der Waals surface area contributed by atoms with Crippen LogP contribution >= 0.6 is 0 Å². The molecule has 2 saturated heterocycles. The molecule has 0 aromatic heterocycles. The van der Waals surface area contributed by atoms with Crippen molar-refractivity contribution in [3.8, 4) is 0 Å². The van der Waals surface area contributed by atoms with Crippen LogP contribution in [0.2, 0.25) is 0 Å². The van der Waals surface area contributed by atoms with Crippen LogP contribution in [0.15, 0.2) is 11.6 Å². The normalized spacial score (nSPS) is 60.3. The van der Waals surface area contributed by atoms with E-state index in [1.54, 1.807) is 13.0 Å². The second kappa shape index (κ2) is 8.47. The van der Waals surface area contributed by atoms with Crippen molar-refractivity contribution in [3.05, 3.63) is 11.6 Å². The highest BCUT2D eigenvalue weighted by atomic mass is 16.8. The zero-order valence-corrected chi connectivity index (χ0v) is 22.9. The van der Waals surface area contributed by atoms with Gasteiger partial charge in [-0.2, -0.15) is 0 Å². The second-order valence-corrected chi connectivity index (χ2v) is 14.0. The van der Waals surface area contributed by atoms with Crippen molar-refractivity contribution in [1.29, 1.82) is 0 Å². The minimum Gasteiger partial charge on any atom is -0.458 e. The van der Waals surface area contributed by atoms with Crippen LogP contribution in [0.4, 0.5) is 0 Å². The topological polar surface area (TPSA) is 155 Å². The lowest BCUT2D eigenvalue weighted by atomic mass is 9.42. The Balaban J connectivity index is 1.17. The molecule has 0 spiro atoms. The largest absolute Gasteiger partial charge is 0.458 e. The molecule has 4 saturated carbocycles. The molecular weight excluding hydrogens is 508 g/mol. The SMILES string of the molecule is C[C@H]1O[C@H]2O[C@@H]3C[C@@H]4CC[C@@H]5[C@H](CC[C@]6(C)[C@@H](C7=CC(=O)OC7)C[C@@H](O)[C@]56O)[C@@]4(C)C[C@H]3O[C@@]2(O)[C@H](O)[C@@H]1O. The molecule has 3 aliphatic heterocycles. The summed E-state index contributed by atoms with van der Waals surface area (Å²) in [6.45, 7) is 6.16. The molecule has 0 aromatic carbocycles. The maximum atomic E-state index is 12.5. The number of esters is 1. The van der Waals surface area contributed by atoms with Gasteiger partial charge in [0.05, 0.1) is 30.0 Å². The summed E-state index contributed by atoms with van der Waals surface area (Å²) in [5, 5.41) is 56.3. The smallest absolute Gasteiger partial charge is 0.331 e. The van der Waals surface area contributed by atoms with Crippen molar-refractivity contribution < 1.29 is 49.3 Å². The quantitative estimate of drug-likeness (QED) is 0.233. The maximum absolute atomic E-state index is 12.5. The van der Waals surface area contributed by atoms with Gasteiger partial charge in [-0.1, -0.05) is 13.8 Å². The number of fused-ring (bicyclic) bond motifs is 7. The van der Waals surface area contributed by atoms with Crippen molar-refractivity contribution in [2.45, 2.75) is 120 Å². The number of aliphatic hydroxyl groups is 5. The lowest BCUT2D eigenvalue weighted by Gasteiger charge is -2.65. The van der Waals surface area contributed by atoms with Gasteiger partial charge in [-0.25, -0.2) is 4.79 Å². The molecule has 0 bridgehead atoms. The Morgan fingerprint density at radius 1 is 0.974 bits per heavy atom. The van der Waals surface area contributed by atoms with Crippen LogP contribution in [0.5, 0.6) is 0 Å². The van der Waals surface area contributed by atoms with Crippen LogP contribution in [0.1, 0.15) is 65.7 Å². The van der Waals surface area contributed by atoms with Gasteiger partial charge in [0.15, 0.2) is 0 Å². The summed E-state index contributed by atoms with van der Waals surface area (Å²) >= 11 is 0. The third kappa shape index (κ3) is 3.34. The van der Waals surface area contributed by atoms with Gasteiger partial charge in [-0.3, -0.25) is 0 Å². The number of carbonyl (C=O) groups is 1. The number of carbonyl (C=O) groups excluding carboxylic acids is 1. The molecule has 0 unspecified atom stereocenters. The molecule has 39 heavy (non-hydrogen) atoms. The van der Waals surface area contributed by atoms with Crippen molar-refractivity contribution in [3.63, 3.8) is 0 Å². The second-order valence-electron chi connectivity index (χ2n) is 14.0. The number of hydrogen-bond acceptors (Lipinski definition) is 10. The van der Waals surface area contributed by atoms with E-state index >= 15 is 0 Å². The van der Waals surface area contributed by atoms with Crippen molar-refractivity contribution in [2.75, 3.05) is 6.61 Å². The number of rotatable bonds is 1. The highest BCUT2D eigenvalue weighted by Crippen LogP contribution is 2.70. The molecule has 4 aliphatic carbocycles. The first kappa shape index (κ1) is 26.8. The summed E-state index contributed by atoms with van der Waals surface area (Å²) < 4.78 is 23.3. The first-order valence-electron chi connectivity index (χ1n) is 14.7. The Bertz CT molecular complexity index is 1080. The molecule has 15 atom stereocenters. The Hall–Kier alpha value is -1.11. The van der Waals surface area contributed by atoms with Gasteiger partial charge >= 0.3 is 5.97 Å². The summed E-state index contributed by atoms with van der Waals surface area (Å²) in [5.74, 6) is -2.35. The first-order chi connectivity index (χ1) is 18.3. The average molecular weight is 551 g/mol. The Labute approximate surface area is 228 Å². The minimum atomic E-state index is -2.17. The minimum absolute atomic E-state index is 0.117. The standard InChI is InChI=1S/C29H42O10/c1-13-23(32)24(33)29(35)25(37-13)38-19-9-15-4-5-17-16(26(15,2)11-20(19)39-29)6-7-27(3)18(10-21(30)28(17,27)34)14-8-22(31)36-12-14/h8,13,15-21,23-25,30,32-35H,4-7,9-12H2,1-3H3/t13-,15+,16+,17-,18-,19-,20-,21-,23-,24-,25+,26+,27-,28-,29+/m1/s1. The van der Waals surface area contributed by atoms with Gasteiger partial charge in [-0.15, -0.1) is 0 Å². The highest BCUT2D eigenvalue weighted by Gasteiger charge is 2.72. The Morgan fingerprint density at radius 3 is 2.46 bits per heavy atom. The molecule has 0 aromatic rings. The number of aliphatic hydroxyl groups excluding tert-OH is 3. The molecule has 7 rings (SSSR count). The fourth-order valence-electron chi connectivity index (χ4n) is 10.3. The molecule has 6 fully saturated rings. The monoisotopic (exact) mass is 550 g/mol. The zero-order valence-electron chi connectivity index (χ0n) is 22.9. The fourth-order valence-corrected chi connectivity index (χ4v) is 10.3. The van der Waals surface area contributed by atoms with Gasteiger partial charge in [0.2, 0.25) is 12.1 Å². The van der Waals surface area contributed by atoms with Gasteiger partial charge in [-0.05, 0) is 86.5 Å². The van der Waals surface area contributed by atoms with Crippen LogP contribution in [-0.4, -0.2) is 92.4 Å². The number of hydrogen-bond donors (Lipinski definition) is 5. The van der Waals surface area contributed by atoms with E-state index in [1.807, 2.05) is 0 Å². The lowest BCUT2D eigenvalue weighted by Crippen LogP contribution is -2.73. The van der Waals surface area contributed by atoms with E-state index < -0.39 is 53.6 Å². The third-order valence-electron chi connectivity index (χ3n) is 12.5. The zero-order chi connectivity index (χ0) is 27.7. The molecule has 0 radical (unpaired) electrons. The molecular formula is C29H42O10. The van der Waals surface area contributed by atoms with Crippen LogP contribution in [0, 0.1) is 34.5 Å². The molecule has 218 valence electrons. The highest BCUT2D eigenvalue weighted by molar-refractivity contribution is 5.85. The lowest BCUT2D eigenvalue weighted by molar-refractivity contribution is -0.469. The van der Waals surface area contributed by atoms with Crippen LogP contribution in [-0.2, 0) is 23.7 Å². The van der Waals surface area contributed by atoms with Crippen LogP contribution in [0.25, 0.3) is 0 Å². The molecule has 5 N–H and O–H groups in total. The summed E-state index contributed by atoms with van der Waals surface area (Å²) in [7, 11) is 0. The maximum Gasteiger partial charge on any atom is 0.331 e. The van der Waals surface area contributed by atoms with E-state index in [4.69, 9.17) is 18.9 Å². The van der Waals surface area contributed by atoms with Crippen molar-refractivity contribution in [1.82, 2.24) is 0 Å². The van der Waals surface area contributed by atoms with E-state index in [2.05, 4.69) is 13.8 Å². The van der Waals surface area contributed by atoms with E-state index in [1.165, 1.54) is 0 Å². The summed E-state index contributed by atoms with van der Waals surface area (Å²) in [6.07, 6.45) is -0.0268. The molecule has 0 amide bonds. The Kier molecular flexibility index (Phi) is 5.82. The molecule has 10 nitrogen and oxygen atoms in total. The molecule has 7 aliphatic rings. The summed E-state index contributed by atoms with van der Waals surface area (Å²) in [6, 6.07) is 0. The predicted octanol–water partition coefficient (Wildman–Crippen LogP) is 0.763.